The maximum Gasteiger partial charge on any atom is 0.0650 e. The molecule has 0 N–H and O–H groups in total. The summed E-state index contributed by atoms with van der Waals surface area (Å²) in [4.78, 5) is 4.90. The molecule has 0 saturated heterocycles. The van der Waals surface area contributed by atoms with Gasteiger partial charge in [-0.3, -0.25) is 4.99 Å². The van der Waals surface area contributed by atoms with Gasteiger partial charge in [-0.15, -0.1) is 0 Å². The fraction of sp³-hybridized carbons (Fsp3) is 0.421. The predicted octanol–water partition coefficient (Wildman–Crippen LogP) is 3.31. The molecule has 4 rings (SSSR count). The maximum absolute atomic E-state index is 4.90. The van der Waals surface area contributed by atoms with Crippen molar-refractivity contribution in [3.05, 3.63) is 58.6 Å². The van der Waals surface area contributed by atoms with Gasteiger partial charge in [0.25, 0.3) is 0 Å². The van der Waals surface area contributed by atoms with Gasteiger partial charge >= 0.3 is 0 Å². The van der Waals surface area contributed by atoms with Crippen LogP contribution in [0.2, 0.25) is 0 Å². The average molecular weight is 263 g/mol. The van der Waals surface area contributed by atoms with Crippen LogP contribution in [-0.4, -0.2) is 6.54 Å². The van der Waals surface area contributed by atoms with Crippen LogP contribution in [0.4, 0.5) is 0 Å². The van der Waals surface area contributed by atoms with Crippen molar-refractivity contribution in [2.45, 2.75) is 38.5 Å². The Balaban J connectivity index is 2.08. The van der Waals surface area contributed by atoms with E-state index in [1.54, 1.807) is 11.1 Å². The molecule has 3 aliphatic rings. The Bertz CT molecular complexity index is 708. The molecule has 1 aromatic carbocycles. The highest BCUT2D eigenvalue weighted by Crippen LogP contribution is 2.50. The summed E-state index contributed by atoms with van der Waals surface area (Å²) in [5, 5.41) is 2.63. The molecule has 2 aliphatic carbocycles. The van der Waals surface area contributed by atoms with Crippen LogP contribution in [0.1, 0.15) is 38.5 Å². The number of rotatable bonds is 0. The fourth-order valence-corrected chi connectivity index (χ4v) is 4.25. The number of para-hydroxylation sites is 1. The third-order valence-electron chi connectivity index (χ3n) is 5.27. The number of benzene rings is 1. The molecular formula is C19H21N. The van der Waals surface area contributed by atoms with Crippen LogP contribution in [0.5, 0.6) is 0 Å². The van der Waals surface area contributed by atoms with Crippen molar-refractivity contribution in [3.63, 3.8) is 0 Å². The molecule has 0 aromatic heterocycles. The fourth-order valence-electron chi connectivity index (χ4n) is 4.25. The second-order valence-electron chi connectivity index (χ2n) is 6.28. The smallest absolute Gasteiger partial charge is 0.0650 e. The molecule has 1 fully saturated rings. The van der Waals surface area contributed by atoms with Gasteiger partial charge < -0.3 is 0 Å². The van der Waals surface area contributed by atoms with Gasteiger partial charge in [0.1, 0.15) is 0 Å². The van der Waals surface area contributed by atoms with Crippen molar-refractivity contribution >= 4 is 5.57 Å². The zero-order chi connectivity index (χ0) is 13.4. The van der Waals surface area contributed by atoms with Crippen molar-refractivity contribution in [1.82, 2.24) is 0 Å². The molecule has 1 aliphatic heterocycles. The normalized spacial score (nSPS) is 28.2. The van der Waals surface area contributed by atoms with Gasteiger partial charge in [-0.2, -0.15) is 0 Å². The standard InChI is InChI=1S/C19H21N/c1-2-10-17-16-9-3-4-11-18(16)20-14-15-8-5-7-13-19(15,17)12-6-1/h3-5,7-9,11H,1-2,6,10,12-14H2. The molecule has 1 unspecified atom stereocenters. The average Bonchev–Trinajstić information content (AvgIpc) is 2.76. The molecule has 1 aromatic rings. The van der Waals surface area contributed by atoms with E-state index in [1.807, 2.05) is 0 Å². The number of fused-ring (bicyclic) bond motifs is 1. The Labute approximate surface area is 120 Å². The van der Waals surface area contributed by atoms with E-state index >= 15 is 0 Å². The molecule has 0 bridgehead atoms. The Morgan fingerprint density at radius 2 is 2.00 bits per heavy atom. The molecule has 102 valence electrons. The monoisotopic (exact) mass is 263 g/mol. The van der Waals surface area contributed by atoms with Crippen molar-refractivity contribution in [1.29, 1.82) is 0 Å². The van der Waals surface area contributed by atoms with Crippen LogP contribution in [0.15, 0.2) is 53.1 Å². The van der Waals surface area contributed by atoms with E-state index < -0.39 is 0 Å². The zero-order valence-electron chi connectivity index (χ0n) is 11.9. The van der Waals surface area contributed by atoms with Crippen LogP contribution < -0.4 is 10.6 Å². The van der Waals surface area contributed by atoms with Crippen molar-refractivity contribution < 1.29 is 0 Å². The lowest BCUT2D eigenvalue weighted by Crippen LogP contribution is -2.33. The van der Waals surface area contributed by atoms with Gasteiger partial charge in [-0.05, 0) is 42.5 Å². The minimum atomic E-state index is 0.279. The van der Waals surface area contributed by atoms with Crippen LogP contribution in [0.3, 0.4) is 0 Å². The molecule has 1 spiro atoms. The highest BCUT2D eigenvalue weighted by Gasteiger charge is 2.39. The van der Waals surface area contributed by atoms with E-state index in [4.69, 9.17) is 4.99 Å². The first-order chi connectivity index (χ1) is 9.90. The second-order valence-corrected chi connectivity index (χ2v) is 6.28. The van der Waals surface area contributed by atoms with Crippen LogP contribution >= 0.6 is 0 Å². The predicted molar refractivity (Wildman–Crippen MR) is 82.9 cm³/mol. The molecule has 20 heavy (non-hydrogen) atoms. The molecule has 1 nitrogen and oxygen atoms in total. The van der Waals surface area contributed by atoms with E-state index in [0.717, 1.165) is 6.54 Å². The SMILES string of the molecule is C1=CCC23CCCCCC2=c2ccccc2=NCC3=C1. The highest BCUT2D eigenvalue weighted by molar-refractivity contribution is 5.61. The molecule has 1 atom stereocenters. The summed E-state index contributed by atoms with van der Waals surface area (Å²) in [6.45, 7) is 0.880. The van der Waals surface area contributed by atoms with E-state index in [0.29, 0.717) is 0 Å². The summed E-state index contributed by atoms with van der Waals surface area (Å²) in [5.41, 5.74) is 3.50. The van der Waals surface area contributed by atoms with Crippen LogP contribution in [0.25, 0.3) is 5.57 Å². The summed E-state index contributed by atoms with van der Waals surface area (Å²) in [7, 11) is 0. The van der Waals surface area contributed by atoms with Gasteiger partial charge in [0, 0.05) is 5.41 Å². The lowest BCUT2D eigenvalue weighted by atomic mass is 9.66. The van der Waals surface area contributed by atoms with Gasteiger partial charge in [0.2, 0.25) is 0 Å². The lowest BCUT2D eigenvalue weighted by molar-refractivity contribution is 0.423. The number of hydrogen-bond acceptors (Lipinski definition) is 1. The van der Waals surface area contributed by atoms with Crippen LogP contribution in [0, 0.1) is 5.41 Å². The first-order valence-corrected chi connectivity index (χ1v) is 7.89. The summed E-state index contributed by atoms with van der Waals surface area (Å²) < 4.78 is 0. The molecule has 0 amide bonds. The second kappa shape index (κ2) is 4.73. The van der Waals surface area contributed by atoms with Gasteiger partial charge in [0.05, 0.1) is 11.9 Å². The quantitative estimate of drug-likeness (QED) is 0.681. The molecule has 1 heterocycles. The molecule has 0 radical (unpaired) electrons. The number of nitrogens with zero attached hydrogens (tertiary/aromatic N) is 1. The van der Waals surface area contributed by atoms with Crippen LogP contribution in [-0.2, 0) is 0 Å². The topological polar surface area (TPSA) is 12.4 Å². The van der Waals surface area contributed by atoms with Gasteiger partial charge in [0.15, 0.2) is 0 Å². The highest BCUT2D eigenvalue weighted by atomic mass is 14.7. The summed E-state index contributed by atoms with van der Waals surface area (Å²) in [6.07, 6.45) is 14.7. The third kappa shape index (κ3) is 1.72. The van der Waals surface area contributed by atoms with Crippen molar-refractivity contribution in [2.75, 3.05) is 6.54 Å². The Morgan fingerprint density at radius 1 is 1.05 bits per heavy atom. The molecular weight excluding hydrogens is 242 g/mol. The van der Waals surface area contributed by atoms with E-state index in [1.165, 1.54) is 49.1 Å². The largest absolute Gasteiger partial charge is 0.280 e. The summed E-state index contributed by atoms with van der Waals surface area (Å²) in [6, 6.07) is 8.77. The van der Waals surface area contributed by atoms with Crippen molar-refractivity contribution in [3.8, 4) is 0 Å². The Kier molecular flexibility index (Phi) is 2.87. The lowest BCUT2D eigenvalue weighted by Gasteiger charge is -2.37. The third-order valence-corrected chi connectivity index (χ3v) is 5.27. The summed E-state index contributed by atoms with van der Waals surface area (Å²) in [5.74, 6) is 0. The Morgan fingerprint density at radius 3 is 3.00 bits per heavy atom. The maximum atomic E-state index is 4.90. The number of allylic oxidation sites excluding steroid dienone is 3. The summed E-state index contributed by atoms with van der Waals surface area (Å²) >= 11 is 0. The van der Waals surface area contributed by atoms with E-state index in [2.05, 4.69) is 42.5 Å². The van der Waals surface area contributed by atoms with Gasteiger partial charge in [-0.1, -0.05) is 54.8 Å². The first-order valence-electron chi connectivity index (χ1n) is 7.89. The first kappa shape index (κ1) is 12.1. The van der Waals surface area contributed by atoms with Gasteiger partial charge in [-0.25, -0.2) is 0 Å². The minimum absolute atomic E-state index is 0.279. The molecule has 1 heteroatoms. The number of hydrogen-bond donors (Lipinski definition) is 0. The van der Waals surface area contributed by atoms with Crippen molar-refractivity contribution in [2.24, 2.45) is 10.4 Å². The Hall–Kier alpha value is -1.63. The molecule has 1 saturated carbocycles. The van der Waals surface area contributed by atoms with E-state index in [9.17, 15) is 0 Å². The van der Waals surface area contributed by atoms with E-state index in [-0.39, 0.29) is 5.41 Å². The minimum Gasteiger partial charge on any atom is -0.280 e. The zero-order valence-corrected chi connectivity index (χ0v) is 11.9.